The largest absolute Gasteiger partial charge is 0.490 e. The zero-order valence-electron chi connectivity index (χ0n) is 19.0. The van der Waals surface area contributed by atoms with E-state index in [9.17, 15) is 9.59 Å². The van der Waals surface area contributed by atoms with Gasteiger partial charge < -0.3 is 19.1 Å². The van der Waals surface area contributed by atoms with E-state index in [1.54, 1.807) is 0 Å². The summed E-state index contributed by atoms with van der Waals surface area (Å²) in [6.07, 6.45) is 10.2. The van der Waals surface area contributed by atoms with Crippen LogP contribution in [0.2, 0.25) is 0 Å². The third-order valence-corrected chi connectivity index (χ3v) is 7.52. The second kappa shape index (κ2) is 9.02. The maximum atomic E-state index is 12.2. The molecule has 3 heterocycles. The summed E-state index contributed by atoms with van der Waals surface area (Å²) >= 11 is 0. The molecule has 0 bridgehead atoms. The second-order valence-electron chi connectivity index (χ2n) is 9.85. The van der Waals surface area contributed by atoms with Crippen LogP contribution in [0.3, 0.4) is 0 Å². The first-order valence-electron chi connectivity index (χ1n) is 12.2. The molecule has 5 rings (SSSR count). The molecule has 3 aliphatic heterocycles. The molecule has 1 aromatic rings. The highest BCUT2D eigenvalue weighted by Gasteiger charge is 2.57. The molecule has 7 heteroatoms. The van der Waals surface area contributed by atoms with Crippen molar-refractivity contribution in [1.82, 2.24) is 9.80 Å². The molecular formula is C25H34N2O5. The Morgan fingerprint density at radius 1 is 0.969 bits per heavy atom. The molecule has 3 fully saturated rings. The number of carbonyl (C=O) groups is 2. The lowest BCUT2D eigenvalue weighted by atomic mass is 9.87. The topological polar surface area (TPSA) is 68.3 Å². The summed E-state index contributed by atoms with van der Waals surface area (Å²) in [6.45, 7) is 3.57. The van der Waals surface area contributed by atoms with E-state index in [2.05, 4.69) is 16.8 Å². The lowest BCUT2D eigenvalue weighted by molar-refractivity contribution is -0.267. The van der Waals surface area contributed by atoms with E-state index in [0.717, 1.165) is 62.2 Å². The van der Waals surface area contributed by atoms with E-state index in [1.165, 1.54) is 32.1 Å². The number of ether oxygens (including phenoxy) is 3. The molecule has 0 N–H and O–H groups in total. The van der Waals surface area contributed by atoms with Gasteiger partial charge in [-0.05, 0) is 75.7 Å². The van der Waals surface area contributed by atoms with Crippen molar-refractivity contribution in [2.45, 2.75) is 69.8 Å². The maximum Gasteiger partial charge on any atom is 0.422 e. The zero-order valence-corrected chi connectivity index (χ0v) is 19.0. The average molecular weight is 443 g/mol. The van der Waals surface area contributed by atoms with Gasteiger partial charge in [0, 0.05) is 19.6 Å². The van der Waals surface area contributed by atoms with Gasteiger partial charge in [0.1, 0.15) is 5.75 Å². The Hall–Kier alpha value is -2.12. The minimum absolute atomic E-state index is 0.157. The van der Waals surface area contributed by atoms with Crippen molar-refractivity contribution >= 4 is 11.9 Å². The summed E-state index contributed by atoms with van der Waals surface area (Å²) in [5, 5.41) is 0. The van der Waals surface area contributed by atoms with E-state index in [4.69, 9.17) is 14.2 Å². The van der Waals surface area contributed by atoms with Crippen molar-refractivity contribution in [3.8, 4) is 5.75 Å². The maximum absolute atomic E-state index is 12.2. The molecule has 1 aliphatic carbocycles. The quantitative estimate of drug-likeness (QED) is 0.524. The highest BCUT2D eigenvalue weighted by atomic mass is 16.8. The first kappa shape index (κ1) is 21.7. The van der Waals surface area contributed by atoms with Crippen LogP contribution >= 0.6 is 0 Å². The van der Waals surface area contributed by atoms with Gasteiger partial charge in [-0.15, -0.1) is 0 Å². The molecule has 7 nitrogen and oxygen atoms in total. The Bertz CT molecular complexity index is 850. The molecule has 1 saturated carbocycles. The van der Waals surface area contributed by atoms with Crippen LogP contribution in [0, 0.1) is 5.92 Å². The van der Waals surface area contributed by atoms with E-state index in [1.807, 2.05) is 18.2 Å². The molecule has 0 amide bonds. The third kappa shape index (κ3) is 4.25. The Balaban J connectivity index is 1.42. The van der Waals surface area contributed by atoms with Crippen LogP contribution < -0.4 is 4.74 Å². The summed E-state index contributed by atoms with van der Waals surface area (Å²) in [4.78, 5) is 28.8. The van der Waals surface area contributed by atoms with Gasteiger partial charge in [0.05, 0.1) is 11.7 Å². The van der Waals surface area contributed by atoms with Crippen molar-refractivity contribution in [3.63, 3.8) is 0 Å². The van der Waals surface area contributed by atoms with Gasteiger partial charge in [0.25, 0.3) is 0 Å². The van der Waals surface area contributed by atoms with Crippen LogP contribution in [0.25, 0.3) is 0 Å². The number of hydrogen-bond acceptors (Lipinski definition) is 7. The SMILES string of the molecule is CN1CCCC(Oc2ccc3c(c2)C2(OC(=O)C(=O)O2)N(CC2CCCCC2)CC3)CC1. The summed E-state index contributed by atoms with van der Waals surface area (Å²) in [5.74, 6) is -2.00. The van der Waals surface area contributed by atoms with E-state index >= 15 is 0 Å². The first-order chi connectivity index (χ1) is 15.5. The smallest absolute Gasteiger partial charge is 0.422 e. The lowest BCUT2D eigenvalue weighted by Crippen LogP contribution is -2.53. The molecule has 0 radical (unpaired) electrons. The van der Waals surface area contributed by atoms with Crippen LogP contribution in [-0.4, -0.2) is 61.1 Å². The molecule has 1 atom stereocenters. The van der Waals surface area contributed by atoms with Gasteiger partial charge in [0.2, 0.25) is 0 Å². The van der Waals surface area contributed by atoms with Crippen molar-refractivity contribution in [2.24, 2.45) is 5.92 Å². The number of esters is 2. The molecule has 1 aromatic carbocycles. The Morgan fingerprint density at radius 2 is 1.75 bits per heavy atom. The summed E-state index contributed by atoms with van der Waals surface area (Å²) < 4.78 is 17.8. The number of nitrogens with zero attached hydrogens (tertiary/aromatic N) is 2. The van der Waals surface area contributed by atoms with Gasteiger partial charge in [0.15, 0.2) is 0 Å². The normalized spacial score (nSPS) is 27.0. The monoisotopic (exact) mass is 442 g/mol. The highest BCUT2D eigenvalue weighted by molar-refractivity contribution is 6.31. The predicted molar refractivity (Wildman–Crippen MR) is 118 cm³/mol. The van der Waals surface area contributed by atoms with Crippen LogP contribution in [0.15, 0.2) is 18.2 Å². The van der Waals surface area contributed by atoms with Crippen molar-refractivity contribution in [3.05, 3.63) is 29.3 Å². The number of fused-ring (bicyclic) bond motifs is 2. The second-order valence-corrected chi connectivity index (χ2v) is 9.85. The summed E-state index contributed by atoms with van der Waals surface area (Å²) in [6, 6.07) is 5.96. The fourth-order valence-corrected chi connectivity index (χ4v) is 5.72. The van der Waals surface area contributed by atoms with E-state index < -0.39 is 17.8 Å². The van der Waals surface area contributed by atoms with Gasteiger partial charge >= 0.3 is 17.8 Å². The summed E-state index contributed by atoms with van der Waals surface area (Å²) in [5.41, 5.74) is 1.78. The fraction of sp³-hybridized carbons (Fsp3) is 0.680. The number of benzene rings is 1. The number of rotatable bonds is 4. The molecule has 1 unspecified atom stereocenters. The standard InChI is InChI=1S/C25H34N2O5/c1-26-13-5-8-20(12-14-26)30-21-10-9-19-11-15-27(17-18-6-3-2-4-7-18)25(22(19)16-21)31-23(28)24(29)32-25/h9-10,16,18,20H,2-8,11-15,17H2,1H3. The van der Waals surface area contributed by atoms with Crippen LogP contribution in [-0.2, 0) is 31.4 Å². The third-order valence-electron chi connectivity index (χ3n) is 7.52. The van der Waals surface area contributed by atoms with Crippen LogP contribution in [0.5, 0.6) is 5.75 Å². The van der Waals surface area contributed by atoms with E-state index in [0.29, 0.717) is 12.5 Å². The average Bonchev–Trinajstić information content (AvgIpc) is 2.95. The van der Waals surface area contributed by atoms with Gasteiger partial charge in [-0.1, -0.05) is 25.3 Å². The molecule has 0 aromatic heterocycles. The van der Waals surface area contributed by atoms with Gasteiger partial charge in [-0.25, -0.2) is 14.5 Å². The Kier molecular flexibility index (Phi) is 6.12. The number of hydrogen-bond donors (Lipinski definition) is 0. The molecule has 1 spiro atoms. The van der Waals surface area contributed by atoms with E-state index in [-0.39, 0.29) is 6.10 Å². The minimum Gasteiger partial charge on any atom is -0.490 e. The Morgan fingerprint density at radius 3 is 2.53 bits per heavy atom. The number of carbonyl (C=O) groups excluding carboxylic acids is 2. The molecular weight excluding hydrogens is 408 g/mol. The zero-order chi connectivity index (χ0) is 22.1. The van der Waals surface area contributed by atoms with Gasteiger partial charge in [-0.2, -0.15) is 0 Å². The predicted octanol–water partition coefficient (Wildman–Crippen LogP) is 3.20. The fourth-order valence-electron chi connectivity index (χ4n) is 5.72. The molecule has 4 aliphatic rings. The van der Waals surface area contributed by atoms with Crippen LogP contribution in [0.4, 0.5) is 0 Å². The lowest BCUT2D eigenvalue weighted by Gasteiger charge is -2.43. The van der Waals surface area contributed by atoms with Crippen molar-refractivity contribution < 1.29 is 23.8 Å². The van der Waals surface area contributed by atoms with Gasteiger partial charge in [-0.3, -0.25) is 0 Å². The van der Waals surface area contributed by atoms with Crippen molar-refractivity contribution in [2.75, 3.05) is 33.2 Å². The molecule has 32 heavy (non-hydrogen) atoms. The van der Waals surface area contributed by atoms with Crippen LogP contribution in [0.1, 0.15) is 62.5 Å². The Labute approximate surface area is 190 Å². The highest BCUT2D eigenvalue weighted by Crippen LogP contribution is 2.44. The molecule has 174 valence electrons. The number of likely N-dealkylation sites (tertiary alicyclic amines) is 1. The summed E-state index contributed by atoms with van der Waals surface area (Å²) in [7, 11) is 2.15. The minimum atomic E-state index is -1.46. The first-order valence-corrected chi connectivity index (χ1v) is 12.2. The molecule has 2 saturated heterocycles. The van der Waals surface area contributed by atoms with Crippen molar-refractivity contribution in [1.29, 1.82) is 0 Å².